The maximum atomic E-state index is 12.4. The maximum Gasteiger partial charge on any atom is 0.225 e. The average molecular weight is 409 g/mol. The van der Waals surface area contributed by atoms with E-state index in [-0.39, 0.29) is 11.8 Å². The number of methoxy groups -OCH3 is 1. The summed E-state index contributed by atoms with van der Waals surface area (Å²) in [6.07, 6.45) is 4.46. The molecule has 1 saturated carbocycles. The van der Waals surface area contributed by atoms with Crippen molar-refractivity contribution in [1.29, 1.82) is 0 Å². The van der Waals surface area contributed by atoms with Crippen LogP contribution in [0.25, 0.3) is 0 Å². The SMILES string of the molecule is COc1ccc(CCC(=O)N2CCN(C(=O)C3CCC3)CC2)cc1Br. The molecule has 0 aromatic heterocycles. The Morgan fingerprint density at radius 3 is 2.40 bits per heavy atom. The van der Waals surface area contributed by atoms with Crippen LogP contribution in [0.1, 0.15) is 31.2 Å². The highest BCUT2D eigenvalue weighted by atomic mass is 79.9. The van der Waals surface area contributed by atoms with E-state index in [1.54, 1.807) is 7.11 Å². The molecule has 0 N–H and O–H groups in total. The summed E-state index contributed by atoms with van der Waals surface area (Å²) in [6, 6.07) is 5.90. The van der Waals surface area contributed by atoms with E-state index < -0.39 is 0 Å². The van der Waals surface area contributed by atoms with E-state index in [1.807, 2.05) is 28.0 Å². The molecule has 1 aliphatic heterocycles. The van der Waals surface area contributed by atoms with E-state index in [4.69, 9.17) is 4.74 Å². The van der Waals surface area contributed by atoms with E-state index in [0.717, 1.165) is 28.6 Å². The Kier molecular flexibility index (Phi) is 5.99. The van der Waals surface area contributed by atoms with Crippen molar-refractivity contribution in [2.75, 3.05) is 33.3 Å². The number of rotatable bonds is 5. The van der Waals surface area contributed by atoms with Crippen molar-refractivity contribution in [3.8, 4) is 5.75 Å². The smallest absolute Gasteiger partial charge is 0.225 e. The second kappa shape index (κ2) is 8.21. The van der Waals surface area contributed by atoms with Gasteiger partial charge in [0.15, 0.2) is 0 Å². The number of ether oxygens (including phenoxy) is 1. The number of benzene rings is 1. The lowest BCUT2D eigenvalue weighted by atomic mass is 9.84. The van der Waals surface area contributed by atoms with Crippen LogP contribution in [0.3, 0.4) is 0 Å². The van der Waals surface area contributed by atoms with Gasteiger partial charge >= 0.3 is 0 Å². The van der Waals surface area contributed by atoms with Crippen molar-refractivity contribution in [2.45, 2.75) is 32.1 Å². The van der Waals surface area contributed by atoms with E-state index in [9.17, 15) is 9.59 Å². The third-order valence-corrected chi connectivity index (χ3v) is 5.86. The molecule has 1 heterocycles. The molecule has 1 saturated heterocycles. The number of hydrogen-bond donors (Lipinski definition) is 0. The molecular formula is C19H25BrN2O3. The molecule has 25 heavy (non-hydrogen) atoms. The van der Waals surface area contributed by atoms with Crippen LogP contribution in [0, 0.1) is 5.92 Å². The quantitative estimate of drug-likeness (QED) is 0.752. The molecule has 0 spiro atoms. The van der Waals surface area contributed by atoms with E-state index in [0.29, 0.717) is 44.9 Å². The van der Waals surface area contributed by atoms with Crippen molar-refractivity contribution in [2.24, 2.45) is 5.92 Å². The highest BCUT2D eigenvalue weighted by molar-refractivity contribution is 9.10. The monoisotopic (exact) mass is 408 g/mol. The summed E-state index contributed by atoms with van der Waals surface area (Å²) in [7, 11) is 1.64. The van der Waals surface area contributed by atoms with Crippen LogP contribution in [0.4, 0.5) is 0 Å². The van der Waals surface area contributed by atoms with Crippen LogP contribution in [-0.2, 0) is 16.0 Å². The summed E-state index contributed by atoms with van der Waals surface area (Å²) in [5.41, 5.74) is 1.11. The first-order valence-corrected chi connectivity index (χ1v) is 9.77. The average Bonchev–Trinajstić information content (AvgIpc) is 2.58. The van der Waals surface area contributed by atoms with Crippen molar-refractivity contribution in [1.82, 2.24) is 9.80 Å². The summed E-state index contributed by atoms with van der Waals surface area (Å²) in [5, 5.41) is 0. The molecule has 1 aromatic carbocycles. The van der Waals surface area contributed by atoms with Gasteiger partial charge in [-0.15, -0.1) is 0 Å². The number of piperazine rings is 1. The largest absolute Gasteiger partial charge is 0.496 e. The van der Waals surface area contributed by atoms with Crippen LogP contribution >= 0.6 is 15.9 Å². The Morgan fingerprint density at radius 1 is 1.16 bits per heavy atom. The highest BCUT2D eigenvalue weighted by Crippen LogP contribution is 2.29. The first-order valence-electron chi connectivity index (χ1n) is 8.97. The van der Waals surface area contributed by atoms with Crippen molar-refractivity contribution in [3.05, 3.63) is 28.2 Å². The van der Waals surface area contributed by atoms with Gasteiger partial charge in [0.1, 0.15) is 5.75 Å². The van der Waals surface area contributed by atoms with Gasteiger partial charge in [-0.25, -0.2) is 0 Å². The predicted molar refractivity (Wildman–Crippen MR) is 99.5 cm³/mol. The van der Waals surface area contributed by atoms with Crippen LogP contribution in [-0.4, -0.2) is 54.9 Å². The summed E-state index contributed by atoms with van der Waals surface area (Å²) in [4.78, 5) is 28.5. The molecule has 2 fully saturated rings. The molecule has 3 rings (SSSR count). The topological polar surface area (TPSA) is 49.9 Å². The molecule has 0 atom stereocenters. The summed E-state index contributed by atoms with van der Waals surface area (Å²) >= 11 is 3.48. The number of aryl methyl sites for hydroxylation is 1. The number of carbonyl (C=O) groups is 2. The van der Waals surface area contributed by atoms with Gasteiger partial charge in [-0.3, -0.25) is 9.59 Å². The number of hydrogen-bond acceptors (Lipinski definition) is 3. The summed E-state index contributed by atoms with van der Waals surface area (Å²) in [6.45, 7) is 2.66. The number of amides is 2. The lowest BCUT2D eigenvalue weighted by Crippen LogP contribution is -2.52. The van der Waals surface area contributed by atoms with Gasteiger partial charge in [0.2, 0.25) is 11.8 Å². The van der Waals surface area contributed by atoms with Crippen LogP contribution in [0.15, 0.2) is 22.7 Å². The van der Waals surface area contributed by atoms with Crippen LogP contribution in [0.5, 0.6) is 5.75 Å². The number of halogens is 1. The minimum Gasteiger partial charge on any atom is -0.496 e. The molecule has 1 aliphatic carbocycles. The van der Waals surface area contributed by atoms with Gasteiger partial charge in [-0.2, -0.15) is 0 Å². The molecule has 136 valence electrons. The molecule has 2 aliphatic rings. The Balaban J connectivity index is 1.45. The first-order chi connectivity index (χ1) is 12.1. The van der Waals surface area contributed by atoms with Crippen molar-refractivity contribution < 1.29 is 14.3 Å². The van der Waals surface area contributed by atoms with Crippen molar-refractivity contribution >= 4 is 27.7 Å². The summed E-state index contributed by atoms with van der Waals surface area (Å²) < 4.78 is 6.13. The minimum atomic E-state index is 0.169. The fraction of sp³-hybridized carbons (Fsp3) is 0.579. The van der Waals surface area contributed by atoms with Gasteiger partial charge in [0.05, 0.1) is 11.6 Å². The standard InChI is InChI=1S/C19H25BrN2O3/c1-25-17-7-5-14(13-16(17)20)6-8-18(23)21-9-11-22(12-10-21)19(24)15-3-2-4-15/h5,7,13,15H,2-4,6,8-12H2,1H3. The normalized spacial score (nSPS) is 18.0. The highest BCUT2D eigenvalue weighted by Gasteiger charge is 2.31. The molecule has 0 radical (unpaired) electrons. The predicted octanol–water partition coefficient (Wildman–Crippen LogP) is 2.86. The second-order valence-corrected chi connectivity index (χ2v) is 7.66. The number of carbonyl (C=O) groups excluding carboxylic acids is 2. The van der Waals surface area contributed by atoms with E-state index >= 15 is 0 Å². The van der Waals surface area contributed by atoms with Crippen molar-refractivity contribution in [3.63, 3.8) is 0 Å². The van der Waals surface area contributed by atoms with Crippen LogP contribution < -0.4 is 4.74 Å². The lowest BCUT2D eigenvalue weighted by molar-refractivity contribution is -0.144. The van der Waals surface area contributed by atoms with E-state index in [1.165, 1.54) is 6.42 Å². The van der Waals surface area contributed by atoms with Crippen LogP contribution in [0.2, 0.25) is 0 Å². The minimum absolute atomic E-state index is 0.169. The van der Waals surface area contributed by atoms with Gasteiger partial charge in [0.25, 0.3) is 0 Å². The van der Waals surface area contributed by atoms with Gasteiger partial charge < -0.3 is 14.5 Å². The van der Waals surface area contributed by atoms with Gasteiger partial charge in [0, 0.05) is 38.5 Å². The summed E-state index contributed by atoms with van der Waals surface area (Å²) in [5.74, 6) is 1.50. The zero-order chi connectivity index (χ0) is 17.8. The fourth-order valence-corrected chi connectivity index (χ4v) is 3.95. The molecule has 6 heteroatoms. The Hall–Kier alpha value is -1.56. The first kappa shape index (κ1) is 18.2. The molecule has 1 aromatic rings. The fourth-order valence-electron chi connectivity index (χ4n) is 3.36. The third kappa shape index (κ3) is 4.35. The molecule has 5 nitrogen and oxygen atoms in total. The lowest BCUT2D eigenvalue weighted by Gasteiger charge is -2.38. The van der Waals surface area contributed by atoms with Gasteiger partial charge in [-0.1, -0.05) is 12.5 Å². The zero-order valence-electron chi connectivity index (χ0n) is 14.7. The second-order valence-electron chi connectivity index (χ2n) is 6.80. The molecule has 0 unspecified atom stereocenters. The van der Waals surface area contributed by atoms with E-state index in [2.05, 4.69) is 15.9 Å². The Morgan fingerprint density at radius 2 is 1.84 bits per heavy atom. The zero-order valence-corrected chi connectivity index (χ0v) is 16.3. The maximum absolute atomic E-state index is 12.4. The molecule has 2 amide bonds. The number of nitrogens with zero attached hydrogens (tertiary/aromatic N) is 2. The Labute approximate surface area is 157 Å². The third-order valence-electron chi connectivity index (χ3n) is 5.24. The molecular weight excluding hydrogens is 384 g/mol. The van der Waals surface area contributed by atoms with Gasteiger partial charge in [-0.05, 0) is 52.9 Å². The molecule has 0 bridgehead atoms. The Bertz CT molecular complexity index is 638.